The van der Waals surface area contributed by atoms with Gasteiger partial charge in [-0.25, -0.2) is 9.78 Å². The number of amides is 2. The molecule has 0 aliphatic carbocycles. The number of hydrogen-bond acceptors (Lipinski definition) is 5. The molecule has 4 N–H and O–H groups in total. The van der Waals surface area contributed by atoms with Gasteiger partial charge in [-0.15, -0.1) is 0 Å². The molecule has 4 rings (SSSR count). The van der Waals surface area contributed by atoms with E-state index in [4.69, 9.17) is 15.6 Å². The van der Waals surface area contributed by atoms with Crippen molar-refractivity contribution in [3.63, 3.8) is 0 Å². The molecule has 9 heteroatoms. The van der Waals surface area contributed by atoms with Gasteiger partial charge < -0.3 is 19.9 Å². The molecule has 26 heavy (non-hydrogen) atoms. The Kier molecular flexibility index (Phi) is 4.23. The first-order chi connectivity index (χ1) is 12.6. The summed E-state index contributed by atoms with van der Waals surface area (Å²) in [6, 6.07) is 1.82. The lowest BCUT2D eigenvalue weighted by Gasteiger charge is -2.29. The predicted octanol–water partition coefficient (Wildman–Crippen LogP) is 0.736. The Morgan fingerprint density at radius 2 is 2.27 bits per heavy atom. The number of fused-ring (bicyclic) bond motifs is 1. The molecule has 2 aromatic rings. The van der Waals surface area contributed by atoms with Gasteiger partial charge in [-0.2, -0.15) is 0 Å². The molecular formula is C17H23N7O2. The maximum Gasteiger partial charge on any atom is 0.317 e. The summed E-state index contributed by atoms with van der Waals surface area (Å²) in [4.78, 5) is 21.5. The molecular weight excluding hydrogens is 334 g/mol. The molecule has 2 saturated heterocycles. The van der Waals surface area contributed by atoms with Crippen LogP contribution >= 0.6 is 0 Å². The standard InChI is InChI=1S/C17H23N7O2/c1-2-10-6-23(17(25)22-11-8-26-9-11)7-12(10)15(19)24-13-3-4-20-16(13)21-5-14(24)18/h3-5,10-12,18-20H,2,6-9H2,1H3,(H,22,25). The Morgan fingerprint density at radius 3 is 2.96 bits per heavy atom. The van der Waals surface area contributed by atoms with Crippen molar-refractivity contribution in [2.24, 2.45) is 11.8 Å². The van der Waals surface area contributed by atoms with Crippen molar-refractivity contribution in [3.8, 4) is 0 Å². The number of hydrogen-bond donors (Lipinski definition) is 4. The second kappa shape index (κ2) is 6.56. The number of carbonyl (C=O) groups is 1. The number of urea groups is 1. The zero-order chi connectivity index (χ0) is 18.3. The minimum absolute atomic E-state index is 0.0926. The third kappa shape index (κ3) is 2.78. The van der Waals surface area contributed by atoms with E-state index in [-0.39, 0.29) is 29.4 Å². The first kappa shape index (κ1) is 16.8. The molecule has 0 saturated carbocycles. The van der Waals surface area contributed by atoms with Gasteiger partial charge in [0.2, 0.25) is 0 Å². The molecule has 2 amide bonds. The minimum atomic E-state index is -0.113. The third-order valence-electron chi connectivity index (χ3n) is 5.31. The molecule has 138 valence electrons. The van der Waals surface area contributed by atoms with Gasteiger partial charge in [0.1, 0.15) is 11.3 Å². The number of rotatable bonds is 3. The summed E-state index contributed by atoms with van der Waals surface area (Å²) in [6.07, 6.45) is 4.08. The summed E-state index contributed by atoms with van der Waals surface area (Å²) >= 11 is 0. The monoisotopic (exact) mass is 357 g/mol. The van der Waals surface area contributed by atoms with E-state index in [0.717, 1.165) is 6.42 Å². The fourth-order valence-corrected chi connectivity index (χ4v) is 3.72. The van der Waals surface area contributed by atoms with Crippen LogP contribution in [0.25, 0.3) is 11.2 Å². The molecule has 2 unspecified atom stereocenters. The van der Waals surface area contributed by atoms with E-state index in [9.17, 15) is 4.79 Å². The van der Waals surface area contributed by atoms with Crippen molar-refractivity contribution in [2.45, 2.75) is 19.4 Å². The van der Waals surface area contributed by atoms with E-state index < -0.39 is 0 Å². The summed E-state index contributed by atoms with van der Waals surface area (Å²) in [7, 11) is 0. The molecule has 0 aromatic carbocycles. The zero-order valence-electron chi connectivity index (χ0n) is 14.7. The van der Waals surface area contributed by atoms with Crippen molar-refractivity contribution in [3.05, 3.63) is 23.9 Å². The van der Waals surface area contributed by atoms with Crippen molar-refractivity contribution >= 4 is 23.0 Å². The van der Waals surface area contributed by atoms with Gasteiger partial charge in [-0.1, -0.05) is 13.3 Å². The normalized spacial score (nSPS) is 23.2. The Hall–Kier alpha value is -2.68. The maximum absolute atomic E-state index is 12.5. The van der Waals surface area contributed by atoms with Crippen molar-refractivity contribution in [1.82, 2.24) is 24.8 Å². The Balaban J connectivity index is 1.58. The lowest BCUT2D eigenvalue weighted by atomic mass is 9.92. The molecule has 9 nitrogen and oxygen atoms in total. The number of aromatic nitrogens is 3. The molecule has 0 radical (unpaired) electrons. The molecule has 2 aromatic heterocycles. The second-order valence-corrected chi connectivity index (χ2v) is 6.94. The Bertz CT molecular complexity index is 898. The van der Waals surface area contributed by atoms with E-state index in [1.165, 1.54) is 6.20 Å². The highest BCUT2D eigenvalue weighted by Crippen LogP contribution is 2.28. The van der Waals surface area contributed by atoms with Gasteiger partial charge in [0.15, 0.2) is 5.65 Å². The number of nitrogens with zero attached hydrogens (tertiary/aromatic N) is 3. The number of carbonyl (C=O) groups excluding carboxylic acids is 1. The van der Waals surface area contributed by atoms with E-state index in [0.29, 0.717) is 43.3 Å². The average molecular weight is 357 g/mol. The first-order valence-corrected chi connectivity index (χ1v) is 8.90. The fourth-order valence-electron chi connectivity index (χ4n) is 3.72. The second-order valence-electron chi connectivity index (χ2n) is 6.94. The molecule has 2 atom stereocenters. The van der Waals surface area contributed by atoms with E-state index >= 15 is 0 Å². The molecule has 4 heterocycles. The van der Waals surface area contributed by atoms with Gasteiger partial charge in [0.05, 0.1) is 31.0 Å². The summed E-state index contributed by atoms with van der Waals surface area (Å²) in [5, 5.41) is 19.9. The van der Waals surface area contributed by atoms with Gasteiger partial charge in [-0.05, 0) is 12.0 Å². The Morgan fingerprint density at radius 1 is 1.46 bits per heavy atom. The summed E-state index contributed by atoms with van der Waals surface area (Å²) in [6.45, 7) is 4.32. The van der Waals surface area contributed by atoms with Crippen LogP contribution in [-0.2, 0) is 4.74 Å². The lowest BCUT2D eigenvalue weighted by Crippen LogP contribution is -2.52. The van der Waals surface area contributed by atoms with Crippen LogP contribution in [0.5, 0.6) is 0 Å². The van der Waals surface area contributed by atoms with Gasteiger partial charge >= 0.3 is 6.03 Å². The fraction of sp³-hybridized carbons (Fsp3) is 0.529. The highest BCUT2D eigenvalue weighted by molar-refractivity contribution is 5.92. The number of likely N-dealkylation sites (tertiary alicyclic amines) is 1. The first-order valence-electron chi connectivity index (χ1n) is 8.90. The molecule has 2 aliphatic heterocycles. The summed E-state index contributed by atoms with van der Waals surface area (Å²) in [5.41, 5.74) is 1.54. The molecule has 0 bridgehead atoms. The van der Waals surface area contributed by atoms with Crippen molar-refractivity contribution in [1.29, 1.82) is 10.8 Å². The van der Waals surface area contributed by atoms with Crippen molar-refractivity contribution < 1.29 is 9.53 Å². The highest BCUT2D eigenvalue weighted by Gasteiger charge is 2.38. The largest absolute Gasteiger partial charge is 0.377 e. The summed E-state index contributed by atoms with van der Waals surface area (Å²) < 4.78 is 6.72. The van der Waals surface area contributed by atoms with E-state index in [1.807, 2.05) is 6.07 Å². The van der Waals surface area contributed by atoms with Crippen LogP contribution in [-0.4, -0.2) is 63.6 Å². The van der Waals surface area contributed by atoms with Gasteiger partial charge in [-0.3, -0.25) is 15.4 Å². The maximum atomic E-state index is 12.5. The zero-order valence-corrected chi connectivity index (χ0v) is 14.7. The van der Waals surface area contributed by atoms with Gasteiger partial charge in [0, 0.05) is 25.2 Å². The van der Waals surface area contributed by atoms with Crippen LogP contribution in [0.2, 0.25) is 0 Å². The predicted molar refractivity (Wildman–Crippen MR) is 95.0 cm³/mol. The lowest BCUT2D eigenvalue weighted by molar-refractivity contribution is -0.00175. The van der Waals surface area contributed by atoms with Crippen LogP contribution in [0.15, 0.2) is 18.5 Å². The van der Waals surface area contributed by atoms with Crippen LogP contribution in [0.3, 0.4) is 0 Å². The van der Waals surface area contributed by atoms with Crippen LogP contribution in [0.4, 0.5) is 4.79 Å². The number of H-pyrrole nitrogens is 1. The average Bonchev–Trinajstić information content (AvgIpc) is 3.23. The molecule has 2 fully saturated rings. The molecule has 2 aliphatic rings. The smallest absolute Gasteiger partial charge is 0.317 e. The van der Waals surface area contributed by atoms with Gasteiger partial charge in [0.25, 0.3) is 0 Å². The number of nitrogens with one attached hydrogen (secondary N) is 4. The highest BCUT2D eigenvalue weighted by atomic mass is 16.5. The number of ether oxygens (including phenoxy) is 1. The minimum Gasteiger partial charge on any atom is -0.377 e. The SMILES string of the molecule is CCC1CN(C(=O)NC2COC2)CC1C(=N)n1c(=N)cnc2[nH]ccc21. The molecule has 0 spiro atoms. The van der Waals surface area contributed by atoms with Crippen molar-refractivity contribution in [2.75, 3.05) is 26.3 Å². The topological polar surface area (TPSA) is 123 Å². The Labute approximate surface area is 150 Å². The quantitative estimate of drug-likeness (QED) is 0.478. The number of aromatic amines is 1. The van der Waals surface area contributed by atoms with Crippen LogP contribution < -0.4 is 10.8 Å². The van der Waals surface area contributed by atoms with Crippen LogP contribution in [0.1, 0.15) is 13.3 Å². The van der Waals surface area contributed by atoms with E-state index in [1.54, 1.807) is 15.7 Å². The van der Waals surface area contributed by atoms with E-state index in [2.05, 4.69) is 22.2 Å². The van der Waals surface area contributed by atoms with Crippen LogP contribution in [0, 0.1) is 22.7 Å². The summed E-state index contributed by atoms with van der Waals surface area (Å²) in [5.74, 6) is 0.425. The third-order valence-corrected chi connectivity index (χ3v) is 5.31.